The van der Waals surface area contributed by atoms with Crippen LogP contribution in [-0.4, -0.2) is 24.2 Å². The van der Waals surface area contributed by atoms with Crippen molar-refractivity contribution in [2.45, 2.75) is 36.8 Å². The molecule has 0 aromatic heterocycles. The fraction of sp³-hybridized carbons (Fsp3) is 0.471. The summed E-state index contributed by atoms with van der Waals surface area (Å²) in [6.07, 6.45) is -7.42. The zero-order valence-electron chi connectivity index (χ0n) is 14.4. The van der Waals surface area contributed by atoms with Crippen LogP contribution >= 0.6 is 0 Å². The fourth-order valence-corrected chi connectivity index (χ4v) is 3.12. The Hall–Kier alpha value is -2.27. The zero-order chi connectivity index (χ0) is 20.7. The summed E-state index contributed by atoms with van der Waals surface area (Å²) in [6.45, 7) is 0.195. The van der Waals surface area contributed by atoms with Gasteiger partial charge in [-0.15, -0.1) is 0 Å². The molecule has 1 fully saturated rings. The molecule has 0 radical (unpaired) electrons. The Morgan fingerprint density at radius 3 is 2.43 bits per heavy atom. The monoisotopic (exact) mass is 408 g/mol. The second kappa shape index (κ2) is 6.96. The molecule has 1 aromatic carbocycles. The number of benzene rings is 1. The third kappa shape index (κ3) is 3.95. The predicted molar refractivity (Wildman–Crippen MR) is 87.2 cm³/mol. The van der Waals surface area contributed by atoms with Crippen LogP contribution in [0.15, 0.2) is 36.0 Å². The summed E-state index contributed by atoms with van der Waals surface area (Å²) in [5, 5.41) is 2.74. The Kier molecular flexibility index (Phi) is 5.09. The van der Waals surface area contributed by atoms with Crippen molar-refractivity contribution in [3.05, 3.63) is 47.2 Å². The van der Waals surface area contributed by atoms with Crippen molar-refractivity contribution in [2.24, 2.45) is 11.7 Å². The SMILES string of the molecule is NC(=O)C1=CC(C(NCC2CC2)c2cccc(C(F)(F)F)c2)(C(F)(F)F)NN1. The van der Waals surface area contributed by atoms with Crippen LogP contribution in [0, 0.1) is 5.92 Å². The van der Waals surface area contributed by atoms with E-state index in [-0.39, 0.29) is 18.0 Å². The van der Waals surface area contributed by atoms with Gasteiger partial charge in [0, 0.05) is 0 Å². The number of carbonyl (C=O) groups is 1. The number of alkyl halides is 6. The average molecular weight is 408 g/mol. The van der Waals surface area contributed by atoms with Crippen LogP contribution in [-0.2, 0) is 11.0 Å². The van der Waals surface area contributed by atoms with Gasteiger partial charge in [0.1, 0.15) is 5.70 Å². The van der Waals surface area contributed by atoms with Gasteiger partial charge in [-0.05, 0) is 49.1 Å². The van der Waals surface area contributed by atoms with Crippen LogP contribution in [0.2, 0.25) is 0 Å². The molecule has 5 nitrogen and oxygen atoms in total. The number of hydrogen-bond donors (Lipinski definition) is 4. The highest BCUT2D eigenvalue weighted by Gasteiger charge is 2.61. The van der Waals surface area contributed by atoms with Crippen molar-refractivity contribution >= 4 is 5.91 Å². The molecular formula is C17H18F6N4O. The molecule has 0 bridgehead atoms. The van der Waals surface area contributed by atoms with Gasteiger partial charge in [-0.3, -0.25) is 4.79 Å². The average Bonchev–Trinajstić information content (AvgIpc) is 3.29. The first kappa shape index (κ1) is 20.5. The number of nitrogens with two attached hydrogens (primary N) is 1. The highest BCUT2D eigenvalue weighted by atomic mass is 19.4. The van der Waals surface area contributed by atoms with Crippen LogP contribution in [0.5, 0.6) is 0 Å². The first-order chi connectivity index (χ1) is 12.9. The van der Waals surface area contributed by atoms with E-state index >= 15 is 0 Å². The third-order valence-corrected chi connectivity index (χ3v) is 4.82. The maximum absolute atomic E-state index is 14.1. The minimum absolute atomic E-state index is 0.160. The van der Waals surface area contributed by atoms with E-state index < -0.39 is 41.1 Å². The van der Waals surface area contributed by atoms with Crippen LogP contribution < -0.4 is 21.9 Å². The summed E-state index contributed by atoms with van der Waals surface area (Å²) in [5.41, 5.74) is 4.55. The number of hydrazine groups is 1. The number of carbonyl (C=O) groups excluding carboxylic acids is 1. The summed E-state index contributed by atoms with van der Waals surface area (Å²) in [5.74, 6) is -0.962. The summed E-state index contributed by atoms with van der Waals surface area (Å²) >= 11 is 0. The minimum Gasteiger partial charge on any atom is -0.364 e. The molecule has 1 amide bonds. The summed E-state index contributed by atoms with van der Waals surface area (Å²) in [7, 11) is 0. The van der Waals surface area contributed by atoms with E-state index in [1.807, 2.05) is 5.43 Å². The van der Waals surface area contributed by atoms with Crippen LogP contribution in [0.4, 0.5) is 26.3 Å². The smallest absolute Gasteiger partial charge is 0.364 e. The molecular weight excluding hydrogens is 390 g/mol. The van der Waals surface area contributed by atoms with Crippen molar-refractivity contribution in [3.63, 3.8) is 0 Å². The summed E-state index contributed by atoms with van der Waals surface area (Å²) in [4.78, 5) is 11.4. The molecule has 1 aliphatic carbocycles. The Balaban J connectivity index is 2.09. The quantitative estimate of drug-likeness (QED) is 0.546. The van der Waals surface area contributed by atoms with Crippen molar-refractivity contribution < 1.29 is 31.1 Å². The molecule has 2 atom stereocenters. The van der Waals surface area contributed by atoms with E-state index in [1.165, 1.54) is 6.07 Å². The Labute approximate surface area is 156 Å². The molecule has 5 N–H and O–H groups in total. The van der Waals surface area contributed by atoms with Gasteiger partial charge in [-0.25, -0.2) is 5.43 Å². The number of hydrogen-bond acceptors (Lipinski definition) is 4. The molecule has 1 heterocycles. The zero-order valence-corrected chi connectivity index (χ0v) is 14.4. The van der Waals surface area contributed by atoms with Gasteiger partial charge in [-0.2, -0.15) is 26.3 Å². The standard InChI is InChI=1S/C17H18F6N4O/c18-16(19,20)11-3-1-2-10(6-11)13(25-8-9-4-5-9)15(17(21,22)23)7-12(14(24)28)26-27-15/h1-3,6-7,9,13,25-27H,4-5,8H2,(H2,24,28). The number of nitrogens with one attached hydrogen (secondary N) is 3. The van der Waals surface area contributed by atoms with Gasteiger partial charge in [0.25, 0.3) is 5.91 Å². The Bertz CT molecular complexity index is 787. The van der Waals surface area contributed by atoms with Gasteiger partial charge < -0.3 is 16.5 Å². The van der Waals surface area contributed by atoms with E-state index in [4.69, 9.17) is 5.73 Å². The van der Waals surface area contributed by atoms with E-state index in [2.05, 4.69) is 10.7 Å². The molecule has 1 aromatic rings. The van der Waals surface area contributed by atoms with Crippen molar-refractivity contribution in [3.8, 4) is 0 Å². The minimum atomic E-state index is -4.95. The van der Waals surface area contributed by atoms with Gasteiger partial charge in [0.2, 0.25) is 0 Å². The molecule has 1 aliphatic heterocycles. The summed E-state index contributed by atoms with van der Waals surface area (Å²) in [6, 6.07) is 2.07. The van der Waals surface area contributed by atoms with E-state index in [0.29, 0.717) is 12.1 Å². The molecule has 0 saturated heterocycles. The molecule has 11 heteroatoms. The normalized spacial score (nSPS) is 23.9. The van der Waals surface area contributed by atoms with Gasteiger partial charge in [0.15, 0.2) is 5.54 Å². The maximum Gasteiger partial charge on any atom is 0.416 e. The van der Waals surface area contributed by atoms with Crippen molar-refractivity contribution in [2.75, 3.05) is 6.54 Å². The molecule has 2 aliphatic rings. The van der Waals surface area contributed by atoms with Crippen LogP contribution in [0.3, 0.4) is 0 Å². The number of primary amides is 1. The molecule has 154 valence electrons. The summed E-state index contributed by atoms with van der Waals surface area (Å²) < 4.78 is 81.6. The lowest BCUT2D eigenvalue weighted by Gasteiger charge is -2.38. The maximum atomic E-state index is 14.1. The second-order valence-corrected chi connectivity index (χ2v) is 6.95. The van der Waals surface area contributed by atoms with Crippen LogP contribution in [0.1, 0.15) is 30.0 Å². The van der Waals surface area contributed by atoms with Crippen molar-refractivity contribution in [1.82, 2.24) is 16.2 Å². The van der Waals surface area contributed by atoms with Gasteiger partial charge >= 0.3 is 12.4 Å². The highest BCUT2D eigenvalue weighted by Crippen LogP contribution is 2.44. The Morgan fingerprint density at radius 1 is 1.25 bits per heavy atom. The van der Waals surface area contributed by atoms with Gasteiger partial charge in [-0.1, -0.05) is 12.1 Å². The first-order valence-electron chi connectivity index (χ1n) is 8.47. The second-order valence-electron chi connectivity index (χ2n) is 6.95. The fourth-order valence-electron chi connectivity index (χ4n) is 3.12. The molecule has 3 rings (SSSR count). The van der Waals surface area contributed by atoms with E-state index in [9.17, 15) is 31.1 Å². The lowest BCUT2D eigenvalue weighted by Crippen LogP contribution is -2.62. The van der Waals surface area contributed by atoms with Crippen LogP contribution in [0.25, 0.3) is 0 Å². The highest BCUT2D eigenvalue weighted by molar-refractivity contribution is 5.92. The largest absolute Gasteiger partial charge is 0.416 e. The first-order valence-corrected chi connectivity index (χ1v) is 8.47. The Morgan fingerprint density at radius 2 is 1.93 bits per heavy atom. The lowest BCUT2D eigenvalue weighted by molar-refractivity contribution is -0.190. The van der Waals surface area contributed by atoms with Crippen molar-refractivity contribution in [1.29, 1.82) is 0 Å². The lowest BCUT2D eigenvalue weighted by atomic mass is 9.84. The number of halogens is 6. The number of amides is 1. The van der Waals surface area contributed by atoms with E-state index in [1.54, 1.807) is 0 Å². The molecule has 1 saturated carbocycles. The number of rotatable bonds is 6. The molecule has 2 unspecified atom stereocenters. The van der Waals surface area contributed by atoms with E-state index in [0.717, 1.165) is 25.0 Å². The van der Waals surface area contributed by atoms with Gasteiger partial charge in [0.05, 0.1) is 11.6 Å². The molecule has 0 spiro atoms. The molecule has 28 heavy (non-hydrogen) atoms. The predicted octanol–water partition coefficient (Wildman–Crippen LogP) is 2.52. The third-order valence-electron chi connectivity index (χ3n) is 4.82. The topological polar surface area (TPSA) is 79.2 Å².